The van der Waals surface area contributed by atoms with Crippen LogP contribution in [0.4, 0.5) is 0 Å². The van der Waals surface area contributed by atoms with Crippen LogP contribution in [0.25, 0.3) is 0 Å². The zero-order valence-electron chi connectivity index (χ0n) is 10.3. The molecule has 1 heterocycles. The van der Waals surface area contributed by atoms with E-state index in [0.29, 0.717) is 0 Å². The van der Waals surface area contributed by atoms with Crippen molar-refractivity contribution in [1.29, 1.82) is 0 Å². The molecule has 2 rings (SSSR count). The molecule has 1 aromatic carbocycles. The highest BCUT2D eigenvalue weighted by molar-refractivity contribution is 5.77. The van der Waals surface area contributed by atoms with Crippen LogP contribution in [0.15, 0.2) is 30.3 Å². The second kappa shape index (κ2) is 5.71. The molecule has 1 amide bonds. The van der Waals surface area contributed by atoms with E-state index >= 15 is 0 Å². The van der Waals surface area contributed by atoms with Crippen molar-refractivity contribution in [2.24, 2.45) is 5.92 Å². The van der Waals surface area contributed by atoms with Gasteiger partial charge < -0.3 is 9.64 Å². The van der Waals surface area contributed by atoms with Crippen molar-refractivity contribution in [3.63, 3.8) is 0 Å². The summed E-state index contributed by atoms with van der Waals surface area (Å²) in [7, 11) is 0. The fourth-order valence-corrected chi connectivity index (χ4v) is 2.01. The van der Waals surface area contributed by atoms with Crippen molar-refractivity contribution < 1.29 is 9.53 Å². The number of nitrogens with zero attached hydrogens (tertiary/aromatic N) is 1. The number of piperidine rings is 1. The van der Waals surface area contributed by atoms with Crippen molar-refractivity contribution >= 4 is 5.91 Å². The molecule has 0 radical (unpaired) electrons. The summed E-state index contributed by atoms with van der Waals surface area (Å²) in [4.78, 5) is 13.8. The van der Waals surface area contributed by atoms with E-state index in [1.54, 1.807) is 0 Å². The monoisotopic (exact) mass is 233 g/mol. The fraction of sp³-hybridized carbons (Fsp3) is 0.500. The van der Waals surface area contributed by atoms with E-state index < -0.39 is 0 Å². The third-order valence-electron chi connectivity index (χ3n) is 3.24. The Hall–Kier alpha value is -1.51. The van der Waals surface area contributed by atoms with Gasteiger partial charge in [-0.05, 0) is 30.9 Å². The number of carbonyl (C=O) groups excluding carboxylic acids is 1. The van der Waals surface area contributed by atoms with E-state index in [2.05, 4.69) is 6.92 Å². The van der Waals surface area contributed by atoms with E-state index in [-0.39, 0.29) is 12.5 Å². The second-order valence-corrected chi connectivity index (χ2v) is 4.67. The van der Waals surface area contributed by atoms with Gasteiger partial charge in [0.05, 0.1) is 0 Å². The summed E-state index contributed by atoms with van der Waals surface area (Å²) in [6.45, 7) is 4.14. The summed E-state index contributed by atoms with van der Waals surface area (Å²) in [5.74, 6) is 1.60. The predicted octanol–water partition coefficient (Wildman–Crippen LogP) is 2.32. The summed E-state index contributed by atoms with van der Waals surface area (Å²) >= 11 is 0. The third-order valence-corrected chi connectivity index (χ3v) is 3.24. The Morgan fingerprint density at radius 2 is 1.94 bits per heavy atom. The van der Waals surface area contributed by atoms with E-state index in [0.717, 1.165) is 37.6 Å². The lowest BCUT2D eigenvalue weighted by Gasteiger charge is -2.30. The minimum Gasteiger partial charge on any atom is -0.484 e. The van der Waals surface area contributed by atoms with Gasteiger partial charge in [-0.15, -0.1) is 0 Å². The third kappa shape index (κ3) is 3.48. The highest BCUT2D eigenvalue weighted by Gasteiger charge is 2.20. The summed E-state index contributed by atoms with van der Waals surface area (Å²) < 4.78 is 5.46. The Labute approximate surface area is 102 Å². The Morgan fingerprint density at radius 3 is 2.59 bits per heavy atom. The van der Waals surface area contributed by atoms with Gasteiger partial charge in [0.1, 0.15) is 5.75 Å². The molecule has 1 aliphatic rings. The van der Waals surface area contributed by atoms with Crippen LogP contribution in [0, 0.1) is 5.92 Å². The van der Waals surface area contributed by atoms with Gasteiger partial charge >= 0.3 is 0 Å². The smallest absolute Gasteiger partial charge is 0.260 e. The minimum absolute atomic E-state index is 0.0979. The number of amides is 1. The lowest BCUT2D eigenvalue weighted by Crippen LogP contribution is -2.40. The molecule has 0 aromatic heterocycles. The van der Waals surface area contributed by atoms with Crippen LogP contribution < -0.4 is 4.74 Å². The molecule has 0 N–H and O–H groups in total. The lowest BCUT2D eigenvalue weighted by molar-refractivity contribution is -0.134. The number of hydrogen-bond acceptors (Lipinski definition) is 2. The van der Waals surface area contributed by atoms with E-state index in [4.69, 9.17) is 4.74 Å². The zero-order chi connectivity index (χ0) is 12.1. The summed E-state index contributed by atoms with van der Waals surface area (Å²) in [6, 6.07) is 9.47. The number of likely N-dealkylation sites (tertiary alicyclic amines) is 1. The highest BCUT2D eigenvalue weighted by Crippen LogP contribution is 2.16. The van der Waals surface area contributed by atoms with Crippen LogP contribution in [-0.4, -0.2) is 30.5 Å². The van der Waals surface area contributed by atoms with Gasteiger partial charge in [0, 0.05) is 13.1 Å². The molecule has 17 heavy (non-hydrogen) atoms. The first-order valence-corrected chi connectivity index (χ1v) is 6.21. The number of benzene rings is 1. The largest absolute Gasteiger partial charge is 0.484 e. The Morgan fingerprint density at radius 1 is 1.29 bits per heavy atom. The van der Waals surface area contributed by atoms with Crippen LogP contribution in [0.1, 0.15) is 19.8 Å². The summed E-state index contributed by atoms with van der Waals surface area (Å²) in [5, 5.41) is 0. The molecule has 3 heteroatoms. The van der Waals surface area contributed by atoms with Gasteiger partial charge in [-0.25, -0.2) is 0 Å². The van der Waals surface area contributed by atoms with Gasteiger partial charge in [-0.1, -0.05) is 25.1 Å². The van der Waals surface area contributed by atoms with E-state index in [9.17, 15) is 4.79 Å². The Balaban J connectivity index is 1.78. The van der Waals surface area contributed by atoms with Crippen LogP contribution >= 0.6 is 0 Å². The first kappa shape index (κ1) is 12.0. The van der Waals surface area contributed by atoms with Crippen molar-refractivity contribution in [2.75, 3.05) is 19.7 Å². The fourth-order valence-electron chi connectivity index (χ4n) is 2.01. The number of ether oxygens (including phenoxy) is 1. The number of hydrogen-bond donors (Lipinski definition) is 0. The average Bonchev–Trinajstić information content (AvgIpc) is 2.38. The average molecular weight is 233 g/mol. The number of carbonyl (C=O) groups is 1. The van der Waals surface area contributed by atoms with Crippen molar-refractivity contribution in [1.82, 2.24) is 4.90 Å². The summed E-state index contributed by atoms with van der Waals surface area (Å²) in [5.41, 5.74) is 0. The Bertz CT molecular complexity index is 356. The maximum absolute atomic E-state index is 11.9. The van der Waals surface area contributed by atoms with Crippen molar-refractivity contribution in [3.8, 4) is 5.75 Å². The van der Waals surface area contributed by atoms with Crippen molar-refractivity contribution in [2.45, 2.75) is 19.8 Å². The molecular weight excluding hydrogens is 214 g/mol. The SMILES string of the molecule is CC1CCN(C(=O)COc2ccccc2)CC1. The molecule has 0 atom stereocenters. The standard InChI is InChI=1S/C14H19NO2/c1-12-7-9-15(10-8-12)14(16)11-17-13-5-3-2-4-6-13/h2-6,12H,7-11H2,1H3. The van der Waals surface area contributed by atoms with Gasteiger partial charge in [0.15, 0.2) is 6.61 Å². The number of rotatable bonds is 3. The molecule has 1 fully saturated rings. The molecule has 0 unspecified atom stereocenters. The molecule has 1 saturated heterocycles. The van der Waals surface area contributed by atoms with Gasteiger partial charge in [0.25, 0.3) is 5.91 Å². The minimum atomic E-state index is 0.0979. The molecule has 92 valence electrons. The molecular formula is C14H19NO2. The van der Waals surface area contributed by atoms with Crippen LogP contribution in [0.3, 0.4) is 0 Å². The predicted molar refractivity (Wildman–Crippen MR) is 66.9 cm³/mol. The molecule has 3 nitrogen and oxygen atoms in total. The quantitative estimate of drug-likeness (QED) is 0.802. The maximum atomic E-state index is 11.9. The molecule has 0 saturated carbocycles. The summed E-state index contributed by atoms with van der Waals surface area (Å²) in [6.07, 6.45) is 2.22. The molecule has 0 spiro atoms. The Kier molecular flexibility index (Phi) is 4.02. The normalized spacial score (nSPS) is 16.9. The molecule has 1 aliphatic heterocycles. The maximum Gasteiger partial charge on any atom is 0.260 e. The molecule has 0 aliphatic carbocycles. The lowest BCUT2D eigenvalue weighted by atomic mass is 9.99. The van der Waals surface area contributed by atoms with E-state index in [1.807, 2.05) is 35.2 Å². The van der Waals surface area contributed by atoms with Gasteiger partial charge in [0.2, 0.25) is 0 Å². The van der Waals surface area contributed by atoms with Crippen LogP contribution in [0.2, 0.25) is 0 Å². The van der Waals surface area contributed by atoms with Crippen LogP contribution in [-0.2, 0) is 4.79 Å². The van der Waals surface area contributed by atoms with Crippen LogP contribution in [0.5, 0.6) is 5.75 Å². The molecule has 0 bridgehead atoms. The molecule has 1 aromatic rings. The van der Waals surface area contributed by atoms with E-state index in [1.165, 1.54) is 0 Å². The number of para-hydroxylation sites is 1. The van der Waals surface area contributed by atoms with Gasteiger partial charge in [-0.2, -0.15) is 0 Å². The highest BCUT2D eigenvalue weighted by atomic mass is 16.5. The zero-order valence-corrected chi connectivity index (χ0v) is 10.3. The topological polar surface area (TPSA) is 29.5 Å². The first-order valence-electron chi connectivity index (χ1n) is 6.21. The first-order chi connectivity index (χ1) is 8.25. The van der Waals surface area contributed by atoms with Gasteiger partial charge in [-0.3, -0.25) is 4.79 Å². The second-order valence-electron chi connectivity index (χ2n) is 4.67. The van der Waals surface area contributed by atoms with Crippen molar-refractivity contribution in [3.05, 3.63) is 30.3 Å².